The minimum Gasteiger partial charge on any atom is -0.480 e. The van der Waals surface area contributed by atoms with Crippen LogP contribution in [0.3, 0.4) is 0 Å². The molecule has 1 aromatic heterocycles. The minimum absolute atomic E-state index is 0.0267. The predicted octanol–water partition coefficient (Wildman–Crippen LogP) is 0.415. The Morgan fingerprint density at radius 2 is 2.33 bits per heavy atom. The first kappa shape index (κ1) is 15.8. The summed E-state index contributed by atoms with van der Waals surface area (Å²) in [5.74, 6) is -0.687. The van der Waals surface area contributed by atoms with E-state index in [4.69, 9.17) is 11.6 Å². The molecular weight excluding hydrogens is 296 g/mol. The van der Waals surface area contributed by atoms with Crippen LogP contribution in [0.15, 0.2) is 11.0 Å². The number of hydrogen-bond donors (Lipinski definition) is 2. The maximum atomic E-state index is 12.2. The molecule has 2 rings (SSSR count). The highest BCUT2D eigenvalue weighted by molar-refractivity contribution is 6.33. The summed E-state index contributed by atoms with van der Waals surface area (Å²) in [7, 11) is 0. The number of halogens is 1. The van der Waals surface area contributed by atoms with Gasteiger partial charge < -0.3 is 15.3 Å². The van der Waals surface area contributed by atoms with Crippen LogP contribution in [-0.4, -0.2) is 46.5 Å². The Morgan fingerprint density at radius 1 is 1.62 bits per heavy atom. The van der Waals surface area contributed by atoms with Crippen molar-refractivity contribution < 1.29 is 9.90 Å². The highest BCUT2D eigenvalue weighted by Crippen LogP contribution is 2.24. The summed E-state index contributed by atoms with van der Waals surface area (Å²) in [4.78, 5) is 25.2. The van der Waals surface area contributed by atoms with E-state index in [1.54, 1.807) is 4.90 Å². The molecule has 0 saturated carbocycles. The highest BCUT2D eigenvalue weighted by atomic mass is 35.5. The second kappa shape index (κ2) is 6.44. The van der Waals surface area contributed by atoms with Gasteiger partial charge in [-0.05, 0) is 5.92 Å². The molecule has 21 heavy (non-hydrogen) atoms. The van der Waals surface area contributed by atoms with Crippen molar-refractivity contribution in [2.75, 3.05) is 24.5 Å². The first-order valence-corrected chi connectivity index (χ1v) is 7.25. The number of nitrogens with one attached hydrogen (secondary N) is 1. The lowest BCUT2D eigenvalue weighted by Gasteiger charge is -2.35. The Hall–Kier alpha value is -1.60. The lowest BCUT2D eigenvalue weighted by Crippen LogP contribution is -2.55. The molecule has 2 N–H and O–H groups in total. The van der Waals surface area contributed by atoms with Crippen LogP contribution < -0.4 is 15.8 Å². The maximum Gasteiger partial charge on any atom is 0.327 e. The topological polar surface area (TPSA) is 87.5 Å². The van der Waals surface area contributed by atoms with Gasteiger partial charge in [-0.2, -0.15) is 5.10 Å². The fraction of sp³-hybridized carbons (Fsp3) is 0.615. The van der Waals surface area contributed by atoms with Gasteiger partial charge >= 0.3 is 5.97 Å². The minimum atomic E-state index is -0.954. The third-order valence-corrected chi connectivity index (χ3v) is 3.70. The Bertz CT molecular complexity index is 587. The van der Waals surface area contributed by atoms with Gasteiger partial charge in [0.05, 0.1) is 11.9 Å². The Kier molecular flexibility index (Phi) is 4.84. The van der Waals surface area contributed by atoms with Gasteiger partial charge in [-0.25, -0.2) is 9.48 Å². The third-order valence-electron chi connectivity index (χ3n) is 3.34. The predicted molar refractivity (Wildman–Crippen MR) is 80.0 cm³/mol. The number of hydrogen-bond acceptors (Lipinski definition) is 5. The molecule has 1 unspecified atom stereocenters. The first-order chi connectivity index (χ1) is 9.91. The molecule has 0 spiro atoms. The van der Waals surface area contributed by atoms with Crippen molar-refractivity contribution >= 4 is 23.3 Å². The summed E-state index contributed by atoms with van der Waals surface area (Å²) in [6.45, 7) is 5.84. The number of anilines is 1. The average molecular weight is 315 g/mol. The monoisotopic (exact) mass is 314 g/mol. The molecule has 0 aromatic carbocycles. The molecule has 0 aliphatic carbocycles. The molecule has 1 aromatic rings. The van der Waals surface area contributed by atoms with Gasteiger partial charge in [0.2, 0.25) is 0 Å². The van der Waals surface area contributed by atoms with Gasteiger partial charge in [0.15, 0.2) is 0 Å². The quantitative estimate of drug-likeness (QED) is 0.837. The summed E-state index contributed by atoms with van der Waals surface area (Å²) >= 11 is 6.16. The SMILES string of the molecule is CC(C)Cn1ncc(N2CCNCC2C(=O)O)c(Cl)c1=O. The molecule has 2 heterocycles. The normalized spacial score (nSPS) is 19.0. The van der Waals surface area contributed by atoms with E-state index in [0.717, 1.165) is 0 Å². The molecule has 1 atom stereocenters. The molecule has 1 saturated heterocycles. The van der Waals surface area contributed by atoms with E-state index in [2.05, 4.69) is 10.4 Å². The number of piperazine rings is 1. The zero-order chi connectivity index (χ0) is 15.6. The average Bonchev–Trinajstić information content (AvgIpc) is 2.44. The third kappa shape index (κ3) is 3.36. The van der Waals surface area contributed by atoms with Gasteiger partial charge in [0.1, 0.15) is 11.1 Å². The summed E-state index contributed by atoms with van der Waals surface area (Å²) in [6.07, 6.45) is 1.48. The van der Waals surface area contributed by atoms with Crippen molar-refractivity contribution in [3.05, 3.63) is 21.6 Å². The standard InChI is InChI=1S/C13H19ClN4O3/c1-8(2)7-18-12(19)11(14)9(6-16-18)17-4-3-15-5-10(17)13(20)21/h6,8,10,15H,3-5,7H2,1-2H3,(H,20,21). The van der Waals surface area contributed by atoms with Gasteiger partial charge in [-0.1, -0.05) is 25.4 Å². The fourth-order valence-corrected chi connectivity index (χ4v) is 2.60. The van der Waals surface area contributed by atoms with Crippen LogP contribution in [0.1, 0.15) is 13.8 Å². The number of aliphatic carboxylic acids is 1. The van der Waals surface area contributed by atoms with E-state index in [1.165, 1.54) is 10.9 Å². The number of carboxylic acid groups (broad SMARTS) is 1. The summed E-state index contributed by atoms with van der Waals surface area (Å²) in [5.41, 5.74) is 0.00103. The second-order valence-corrected chi connectivity index (χ2v) is 5.85. The van der Waals surface area contributed by atoms with Crippen molar-refractivity contribution in [1.82, 2.24) is 15.1 Å². The zero-order valence-corrected chi connectivity index (χ0v) is 12.8. The smallest absolute Gasteiger partial charge is 0.327 e. The molecular formula is C13H19ClN4O3. The first-order valence-electron chi connectivity index (χ1n) is 6.87. The number of nitrogens with zero attached hydrogens (tertiary/aromatic N) is 3. The van der Waals surface area contributed by atoms with Crippen molar-refractivity contribution in [2.45, 2.75) is 26.4 Å². The van der Waals surface area contributed by atoms with E-state index in [9.17, 15) is 14.7 Å². The second-order valence-electron chi connectivity index (χ2n) is 5.48. The Balaban J connectivity index is 2.37. The van der Waals surface area contributed by atoms with Crippen molar-refractivity contribution in [1.29, 1.82) is 0 Å². The van der Waals surface area contributed by atoms with Crippen LogP contribution >= 0.6 is 11.6 Å². The molecule has 8 heteroatoms. The van der Waals surface area contributed by atoms with Crippen molar-refractivity contribution in [2.24, 2.45) is 5.92 Å². The van der Waals surface area contributed by atoms with Crippen LogP contribution in [0.5, 0.6) is 0 Å². The number of carbonyl (C=O) groups is 1. The van der Waals surface area contributed by atoms with Crippen LogP contribution in [0.2, 0.25) is 5.02 Å². The van der Waals surface area contributed by atoms with E-state index in [0.29, 0.717) is 31.9 Å². The largest absolute Gasteiger partial charge is 0.480 e. The maximum absolute atomic E-state index is 12.2. The molecule has 116 valence electrons. The van der Waals surface area contributed by atoms with Crippen LogP contribution in [0, 0.1) is 5.92 Å². The van der Waals surface area contributed by atoms with Gasteiger partial charge in [-0.3, -0.25) is 4.79 Å². The molecule has 7 nitrogen and oxygen atoms in total. The van der Waals surface area contributed by atoms with E-state index in [1.807, 2.05) is 13.8 Å². The van der Waals surface area contributed by atoms with E-state index in [-0.39, 0.29) is 16.5 Å². The van der Waals surface area contributed by atoms with E-state index >= 15 is 0 Å². The summed E-state index contributed by atoms with van der Waals surface area (Å²) in [6, 6.07) is -0.751. The molecule has 0 amide bonds. The van der Waals surface area contributed by atoms with Crippen LogP contribution in [0.4, 0.5) is 5.69 Å². The highest BCUT2D eigenvalue weighted by Gasteiger charge is 2.30. The summed E-state index contributed by atoms with van der Waals surface area (Å²) < 4.78 is 1.31. The van der Waals surface area contributed by atoms with Crippen molar-refractivity contribution in [3.63, 3.8) is 0 Å². The van der Waals surface area contributed by atoms with Gasteiger partial charge in [0, 0.05) is 26.2 Å². The number of rotatable bonds is 4. The molecule has 1 fully saturated rings. The van der Waals surface area contributed by atoms with E-state index < -0.39 is 12.0 Å². The van der Waals surface area contributed by atoms with Crippen molar-refractivity contribution in [3.8, 4) is 0 Å². The molecule has 0 bridgehead atoms. The Labute approximate surface area is 127 Å². The molecule has 0 radical (unpaired) electrons. The van der Waals surface area contributed by atoms with Crippen LogP contribution in [-0.2, 0) is 11.3 Å². The summed E-state index contributed by atoms with van der Waals surface area (Å²) in [5, 5.41) is 16.4. The zero-order valence-electron chi connectivity index (χ0n) is 12.0. The Morgan fingerprint density at radius 3 is 2.95 bits per heavy atom. The lowest BCUT2D eigenvalue weighted by atomic mass is 10.1. The number of aromatic nitrogens is 2. The number of carboxylic acids is 1. The molecule has 1 aliphatic heterocycles. The fourth-order valence-electron chi connectivity index (χ4n) is 2.35. The van der Waals surface area contributed by atoms with Crippen LogP contribution in [0.25, 0.3) is 0 Å². The van der Waals surface area contributed by atoms with Gasteiger partial charge in [0.25, 0.3) is 5.56 Å². The van der Waals surface area contributed by atoms with Gasteiger partial charge in [-0.15, -0.1) is 0 Å². The lowest BCUT2D eigenvalue weighted by molar-refractivity contribution is -0.138. The molecule has 1 aliphatic rings.